The largest absolute Gasteiger partial charge is 0.497 e. The molecule has 1 fully saturated rings. The topological polar surface area (TPSA) is 96.0 Å². The van der Waals surface area contributed by atoms with E-state index in [0.717, 1.165) is 6.42 Å². The Kier molecular flexibility index (Phi) is 8.54. The second kappa shape index (κ2) is 10.1. The molecule has 0 aliphatic carbocycles. The van der Waals surface area contributed by atoms with Gasteiger partial charge in [0.25, 0.3) is 0 Å². The Labute approximate surface area is 154 Å². The van der Waals surface area contributed by atoms with E-state index in [2.05, 4.69) is 23.2 Å². The second-order valence-corrected chi connectivity index (χ2v) is 5.58. The standard InChI is InChI=1S/C14H16O5.C2Cl2O2/c1-9(15)11-6-5-10(17-2)8-13(11)19-14(16)12-4-3-7-18-12;3-1(5)2(4)6/h5-6,8,12H,3-4,7H2,1-2H3;. The van der Waals surface area contributed by atoms with Crippen LogP contribution in [0.15, 0.2) is 18.2 Å². The average molecular weight is 391 g/mol. The van der Waals surface area contributed by atoms with Crippen LogP contribution in [0.4, 0.5) is 0 Å². The molecule has 9 heteroatoms. The molecule has 0 aromatic heterocycles. The number of Topliss-reactive ketones (excluding diaryl/α,β-unsaturated/α-hetero) is 1. The minimum Gasteiger partial charge on any atom is -0.497 e. The van der Waals surface area contributed by atoms with Crippen LogP contribution in [0.2, 0.25) is 0 Å². The number of hydrogen-bond acceptors (Lipinski definition) is 7. The van der Waals surface area contributed by atoms with Gasteiger partial charge in [0.15, 0.2) is 11.9 Å². The Morgan fingerprint density at radius 2 is 1.80 bits per heavy atom. The highest BCUT2D eigenvalue weighted by Gasteiger charge is 2.26. The third kappa shape index (κ3) is 6.81. The summed E-state index contributed by atoms with van der Waals surface area (Å²) in [6.45, 7) is 1.99. The van der Waals surface area contributed by atoms with Crippen LogP contribution in [0.1, 0.15) is 30.1 Å². The molecule has 1 atom stereocenters. The Morgan fingerprint density at radius 1 is 1.16 bits per heavy atom. The zero-order valence-electron chi connectivity index (χ0n) is 13.5. The lowest BCUT2D eigenvalue weighted by molar-refractivity contribution is -0.144. The predicted octanol–water partition coefficient (Wildman–Crippen LogP) is 2.50. The Balaban J connectivity index is 0.000000450. The molecule has 1 saturated heterocycles. The van der Waals surface area contributed by atoms with Crippen molar-refractivity contribution in [3.05, 3.63) is 23.8 Å². The van der Waals surface area contributed by atoms with Crippen LogP contribution in [-0.4, -0.2) is 42.1 Å². The first-order valence-electron chi connectivity index (χ1n) is 7.17. The lowest BCUT2D eigenvalue weighted by Crippen LogP contribution is -2.25. The molecule has 0 amide bonds. The molecule has 1 aliphatic heterocycles. The molecule has 1 aromatic carbocycles. The minimum atomic E-state index is -1.14. The fraction of sp³-hybridized carbons (Fsp3) is 0.375. The molecule has 0 radical (unpaired) electrons. The van der Waals surface area contributed by atoms with Gasteiger partial charge in [0.1, 0.15) is 11.5 Å². The van der Waals surface area contributed by atoms with E-state index in [1.54, 1.807) is 12.1 Å². The summed E-state index contributed by atoms with van der Waals surface area (Å²) in [4.78, 5) is 42.3. The number of carbonyl (C=O) groups excluding carboxylic acids is 4. The Hall–Kier alpha value is -1.96. The number of halogens is 2. The second-order valence-electron chi connectivity index (χ2n) is 4.89. The first-order valence-corrected chi connectivity index (χ1v) is 7.93. The van der Waals surface area contributed by atoms with Crippen molar-refractivity contribution in [3.8, 4) is 11.5 Å². The van der Waals surface area contributed by atoms with Crippen LogP contribution in [0, 0.1) is 0 Å². The quantitative estimate of drug-likeness (QED) is 0.250. The summed E-state index contributed by atoms with van der Waals surface area (Å²) in [5, 5.41) is -2.28. The number of benzene rings is 1. The zero-order chi connectivity index (χ0) is 19.0. The third-order valence-corrected chi connectivity index (χ3v) is 3.57. The first kappa shape index (κ1) is 21.1. The van der Waals surface area contributed by atoms with Crippen molar-refractivity contribution in [1.82, 2.24) is 0 Å². The summed E-state index contributed by atoms with van der Waals surface area (Å²) >= 11 is 8.98. The van der Waals surface area contributed by atoms with Gasteiger partial charge in [-0.25, -0.2) is 4.79 Å². The van der Waals surface area contributed by atoms with E-state index in [4.69, 9.17) is 14.2 Å². The summed E-state index contributed by atoms with van der Waals surface area (Å²) in [5.41, 5.74) is 0.354. The summed E-state index contributed by atoms with van der Waals surface area (Å²) in [7, 11) is 1.51. The summed E-state index contributed by atoms with van der Waals surface area (Å²) in [6, 6.07) is 4.77. The highest BCUT2D eigenvalue weighted by Crippen LogP contribution is 2.26. The van der Waals surface area contributed by atoms with Crippen LogP contribution < -0.4 is 9.47 Å². The summed E-state index contributed by atoms with van der Waals surface area (Å²) in [5.74, 6) is 0.110. The Bertz CT molecular complexity index is 654. The lowest BCUT2D eigenvalue weighted by Gasteiger charge is -2.12. The van der Waals surface area contributed by atoms with Crippen molar-refractivity contribution in [2.75, 3.05) is 13.7 Å². The van der Waals surface area contributed by atoms with Crippen LogP contribution >= 0.6 is 23.2 Å². The van der Waals surface area contributed by atoms with E-state index < -0.39 is 22.6 Å². The van der Waals surface area contributed by atoms with Crippen molar-refractivity contribution in [2.45, 2.75) is 25.9 Å². The van der Waals surface area contributed by atoms with Crippen molar-refractivity contribution in [1.29, 1.82) is 0 Å². The minimum absolute atomic E-state index is 0.169. The van der Waals surface area contributed by atoms with Gasteiger partial charge in [-0.05, 0) is 55.1 Å². The monoisotopic (exact) mass is 390 g/mol. The van der Waals surface area contributed by atoms with Crippen molar-refractivity contribution in [3.63, 3.8) is 0 Å². The summed E-state index contributed by atoms with van der Waals surface area (Å²) < 4.78 is 15.6. The van der Waals surface area contributed by atoms with Gasteiger partial charge in [-0.3, -0.25) is 14.4 Å². The van der Waals surface area contributed by atoms with Crippen LogP contribution in [-0.2, 0) is 19.1 Å². The number of methoxy groups -OCH3 is 1. The molecular weight excluding hydrogens is 375 g/mol. The van der Waals surface area contributed by atoms with E-state index in [9.17, 15) is 19.2 Å². The lowest BCUT2D eigenvalue weighted by atomic mass is 10.1. The van der Waals surface area contributed by atoms with Crippen molar-refractivity contribution >= 4 is 45.4 Å². The maximum Gasteiger partial charge on any atom is 0.340 e. The van der Waals surface area contributed by atoms with Crippen LogP contribution in [0.25, 0.3) is 0 Å². The van der Waals surface area contributed by atoms with Crippen molar-refractivity contribution in [2.24, 2.45) is 0 Å². The fourth-order valence-electron chi connectivity index (χ4n) is 1.94. The molecule has 0 N–H and O–H groups in total. The number of carbonyl (C=O) groups is 4. The van der Waals surface area contributed by atoms with Gasteiger partial charge in [-0.2, -0.15) is 0 Å². The van der Waals surface area contributed by atoms with Gasteiger partial charge >= 0.3 is 16.5 Å². The molecular formula is C16H16Cl2O7. The van der Waals surface area contributed by atoms with Gasteiger partial charge in [0, 0.05) is 12.7 Å². The number of ketones is 1. The van der Waals surface area contributed by atoms with E-state index >= 15 is 0 Å². The maximum atomic E-state index is 11.9. The molecule has 1 unspecified atom stereocenters. The van der Waals surface area contributed by atoms with E-state index in [1.807, 2.05) is 0 Å². The number of hydrogen-bond donors (Lipinski definition) is 0. The number of ether oxygens (including phenoxy) is 3. The van der Waals surface area contributed by atoms with Gasteiger partial charge in [-0.1, -0.05) is 0 Å². The van der Waals surface area contributed by atoms with Crippen molar-refractivity contribution < 1.29 is 33.4 Å². The SMILES string of the molecule is COc1ccc(C(C)=O)c(OC(=O)C2CCCO2)c1.O=C(Cl)C(=O)Cl. The number of rotatable bonds is 5. The molecule has 0 spiro atoms. The molecule has 2 rings (SSSR count). The van der Waals surface area contributed by atoms with Gasteiger partial charge < -0.3 is 14.2 Å². The summed E-state index contributed by atoms with van der Waals surface area (Å²) in [6.07, 6.45) is 0.960. The van der Waals surface area contributed by atoms with E-state index in [-0.39, 0.29) is 11.5 Å². The molecule has 7 nitrogen and oxygen atoms in total. The third-order valence-electron chi connectivity index (χ3n) is 3.13. The van der Waals surface area contributed by atoms with Crippen LogP contribution in [0.3, 0.4) is 0 Å². The van der Waals surface area contributed by atoms with Gasteiger partial charge in [-0.15, -0.1) is 0 Å². The molecule has 1 aromatic rings. The Morgan fingerprint density at radius 3 is 2.24 bits per heavy atom. The molecule has 1 aliphatic rings. The van der Waals surface area contributed by atoms with Crippen LogP contribution in [0.5, 0.6) is 11.5 Å². The number of esters is 1. The van der Waals surface area contributed by atoms with Gasteiger partial charge in [0.05, 0.1) is 12.7 Å². The highest BCUT2D eigenvalue weighted by atomic mass is 35.5. The normalized spacial score (nSPS) is 15.6. The van der Waals surface area contributed by atoms with Gasteiger partial charge in [0.2, 0.25) is 0 Å². The maximum absolute atomic E-state index is 11.9. The van der Waals surface area contributed by atoms with E-state index in [1.165, 1.54) is 20.1 Å². The molecule has 1 heterocycles. The first-order chi connectivity index (χ1) is 11.8. The molecule has 136 valence electrons. The molecule has 0 bridgehead atoms. The molecule has 0 saturated carbocycles. The molecule has 25 heavy (non-hydrogen) atoms. The smallest absolute Gasteiger partial charge is 0.340 e. The predicted molar refractivity (Wildman–Crippen MR) is 89.3 cm³/mol. The highest BCUT2D eigenvalue weighted by molar-refractivity contribution is 6.97. The van der Waals surface area contributed by atoms with E-state index in [0.29, 0.717) is 24.3 Å². The fourth-order valence-corrected chi connectivity index (χ4v) is 1.94. The average Bonchev–Trinajstić information content (AvgIpc) is 3.09. The zero-order valence-corrected chi connectivity index (χ0v) is 15.1.